The van der Waals surface area contributed by atoms with Crippen molar-refractivity contribution in [1.82, 2.24) is 15.0 Å². The zero-order chi connectivity index (χ0) is 9.97. The molecular weight excluding hydrogens is 202 g/mol. The van der Waals surface area contributed by atoms with E-state index in [1.165, 1.54) is 10.9 Å². The van der Waals surface area contributed by atoms with E-state index in [4.69, 9.17) is 11.6 Å². The van der Waals surface area contributed by atoms with Crippen molar-refractivity contribution in [2.75, 3.05) is 0 Å². The molecule has 0 N–H and O–H groups in total. The van der Waals surface area contributed by atoms with Gasteiger partial charge in [0.15, 0.2) is 6.29 Å². The van der Waals surface area contributed by atoms with Crippen LogP contribution >= 0.6 is 11.6 Å². The Hall–Kier alpha value is -1.68. The summed E-state index contributed by atoms with van der Waals surface area (Å²) in [5.74, 6) is 0. The molecule has 0 saturated carbocycles. The van der Waals surface area contributed by atoms with Crippen LogP contribution in [-0.4, -0.2) is 21.3 Å². The number of aldehydes is 1. The summed E-state index contributed by atoms with van der Waals surface area (Å²) in [6.45, 7) is 0. The van der Waals surface area contributed by atoms with Crippen molar-refractivity contribution in [3.05, 3.63) is 41.2 Å². The van der Waals surface area contributed by atoms with E-state index in [2.05, 4.69) is 10.3 Å². The lowest BCUT2D eigenvalue weighted by Crippen LogP contribution is -2.00. The summed E-state index contributed by atoms with van der Waals surface area (Å²) in [5, 5.41) is 8.06. The Kier molecular flexibility index (Phi) is 2.28. The van der Waals surface area contributed by atoms with Gasteiger partial charge in [0.05, 0.1) is 11.9 Å². The Balaban J connectivity index is 2.49. The van der Waals surface area contributed by atoms with E-state index in [9.17, 15) is 4.79 Å². The van der Waals surface area contributed by atoms with Gasteiger partial charge in [-0.25, -0.2) is 4.68 Å². The van der Waals surface area contributed by atoms with Gasteiger partial charge >= 0.3 is 0 Å². The van der Waals surface area contributed by atoms with E-state index in [-0.39, 0.29) is 0 Å². The Morgan fingerprint density at radius 1 is 1.29 bits per heavy atom. The first-order valence-electron chi connectivity index (χ1n) is 3.93. The summed E-state index contributed by atoms with van der Waals surface area (Å²) in [7, 11) is 0. The zero-order valence-corrected chi connectivity index (χ0v) is 7.85. The van der Waals surface area contributed by atoms with E-state index < -0.39 is 0 Å². The largest absolute Gasteiger partial charge is 0.296 e. The molecule has 0 aliphatic rings. The molecule has 0 amide bonds. The van der Waals surface area contributed by atoms with Gasteiger partial charge in [-0.3, -0.25) is 4.79 Å². The van der Waals surface area contributed by atoms with Crippen LogP contribution in [0.1, 0.15) is 10.5 Å². The number of aromatic nitrogens is 3. The van der Waals surface area contributed by atoms with Crippen LogP contribution in [0.5, 0.6) is 0 Å². The molecule has 1 heterocycles. The molecule has 0 aliphatic heterocycles. The number of rotatable bonds is 2. The first-order valence-corrected chi connectivity index (χ1v) is 4.31. The van der Waals surface area contributed by atoms with Gasteiger partial charge in [0.2, 0.25) is 0 Å². The molecule has 0 bridgehead atoms. The zero-order valence-electron chi connectivity index (χ0n) is 7.09. The van der Waals surface area contributed by atoms with Crippen LogP contribution in [0.2, 0.25) is 5.02 Å². The lowest BCUT2D eigenvalue weighted by atomic mass is 10.3. The number of hydrogen-bond donors (Lipinski definition) is 0. The summed E-state index contributed by atoms with van der Waals surface area (Å²) in [4.78, 5) is 10.6. The molecule has 0 spiro atoms. The molecule has 14 heavy (non-hydrogen) atoms. The average molecular weight is 208 g/mol. The molecule has 0 aliphatic carbocycles. The highest BCUT2D eigenvalue weighted by Gasteiger charge is 2.03. The predicted molar refractivity (Wildman–Crippen MR) is 51.8 cm³/mol. The standard InChI is InChI=1S/C9H6ClN3O/c10-7-1-3-8(4-2-7)13-9(6-14)5-11-12-13/h1-6H. The van der Waals surface area contributed by atoms with Crippen molar-refractivity contribution in [3.63, 3.8) is 0 Å². The molecule has 70 valence electrons. The van der Waals surface area contributed by atoms with Crippen LogP contribution < -0.4 is 0 Å². The molecular formula is C9H6ClN3O. The molecule has 0 atom stereocenters. The summed E-state index contributed by atoms with van der Waals surface area (Å²) in [5.41, 5.74) is 1.17. The lowest BCUT2D eigenvalue weighted by Gasteiger charge is -2.00. The number of hydrogen-bond acceptors (Lipinski definition) is 3. The number of carbonyl (C=O) groups is 1. The summed E-state index contributed by atoms with van der Waals surface area (Å²) < 4.78 is 1.45. The second kappa shape index (κ2) is 3.59. The van der Waals surface area contributed by atoms with Gasteiger partial charge in [0, 0.05) is 5.02 Å². The molecule has 2 aromatic rings. The van der Waals surface area contributed by atoms with E-state index >= 15 is 0 Å². The topological polar surface area (TPSA) is 47.8 Å². The Bertz CT molecular complexity index is 449. The van der Waals surface area contributed by atoms with E-state index in [1.807, 2.05) is 0 Å². The molecule has 0 fully saturated rings. The number of carbonyl (C=O) groups excluding carboxylic acids is 1. The number of halogens is 1. The van der Waals surface area contributed by atoms with Crippen LogP contribution in [0.25, 0.3) is 5.69 Å². The first kappa shape index (κ1) is 8.90. The van der Waals surface area contributed by atoms with Gasteiger partial charge < -0.3 is 0 Å². The smallest absolute Gasteiger partial charge is 0.170 e. The monoisotopic (exact) mass is 207 g/mol. The van der Waals surface area contributed by atoms with E-state index in [1.54, 1.807) is 24.3 Å². The van der Waals surface area contributed by atoms with Crippen LogP contribution in [0.15, 0.2) is 30.5 Å². The van der Waals surface area contributed by atoms with Crippen molar-refractivity contribution >= 4 is 17.9 Å². The van der Waals surface area contributed by atoms with Gasteiger partial charge in [0.1, 0.15) is 5.69 Å². The van der Waals surface area contributed by atoms with Crippen LogP contribution in [-0.2, 0) is 0 Å². The van der Waals surface area contributed by atoms with Gasteiger partial charge in [-0.2, -0.15) is 0 Å². The second-order valence-corrected chi connectivity index (χ2v) is 3.10. The molecule has 5 heteroatoms. The highest BCUT2D eigenvalue weighted by molar-refractivity contribution is 6.30. The molecule has 0 unspecified atom stereocenters. The highest BCUT2D eigenvalue weighted by Crippen LogP contribution is 2.13. The maximum absolute atomic E-state index is 10.6. The molecule has 0 saturated heterocycles. The maximum Gasteiger partial charge on any atom is 0.170 e. The van der Waals surface area contributed by atoms with Crippen molar-refractivity contribution in [3.8, 4) is 5.69 Å². The van der Waals surface area contributed by atoms with E-state index in [0.717, 1.165) is 5.69 Å². The Morgan fingerprint density at radius 2 is 2.00 bits per heavy atom. The summed E-state index contributed by atoms with van der Waals surface area (Å²) in [6, 6.07) is 6.99. The van der Waals surface area contributed by atoms with Gasteiger partial charge in [-0.15, -0.1) is 5.10 Å². The Labute approximate surface area is 85.1 Å². The number of nitrogens with zero attached hydrogens (tertiary/aromatic N) is 3. The molecule has 4 nitrogen and oxygen atoms in total. The van der Waals surface area contributed by atoms with Crippen molar-refractivity contribution in [1.29, 1.82) is 0 Å². The third-order valence-electron chi connectivity index (χ3n) is 1.77. The molecule has 0 radical (unpaired) electrons. The van der Waals surface area contributed by atoms with Crippen LogP contribution in [0, 0.1) is 0 Å². The van der Waals surface area contributed by atoms with Gasteiger partial charge in [-0.1, -0.05) is 16.8 Å². The molecule has 2 rings (SSSR count). The van der Waals surface area contributed by atoms with Gasteiger partial charge in [-0.05, 0) is 24.3 Å². The minimum Gasteiger partial charge on any atom is -0.296 e. The molecule has 1 aromatic carbocycles. The number of benzene rings is 1. The fraction of sp³-hybridized carbons (Fsp3) is 0. The van der Waals surface area contributed by atoms with Gasteiger partial charge in [0.25, 0.3) is 0 Å². The summed E-state index contributed by atoms with van der Waals surface area (Å²) >= 11 is 5.73. The average Bonchev–Trinajstić information content (AvgIpc) is 2.67. The third-order valence-corrected chi connectivity index (χ3v) is 2.02. The van der Waals surface area contributed by atoms with Crippen LogP contribution in [0.4, 0.5) is 0 Å². The third kappa shape index (κ3) is 1.52. The van der Waals surface area contributed by atoms with Crippen molar-refractivity contribution < 1.29 is 4.79 Å². The fourth-order valence-electron chi connectivity index (χ4n) is 1.11. The Morgan fingerprint density at radius 3 is 2.64 bits per heavy atom. The first-order chi connectivity index (χ1) is 6.81. The minimum atomic E-state index is 0.410. The minimum absolute atomic E-state index is 0.410. The fourth-order valence-corrected chi connectivity index (χ4v) is 1.23. The summed E-state index contributed by atoms with van der Waals surface area (Å²) in [6.07, 6.45) is 2.11. The lowest BCUT2D eigenvalue weighted by molar-refractivity contribution is 0.111. The van der Waals surface area contributed by atoms with Crippen molar-refractivity contribution in [2.45, 2.75) is 0 Å². The second-order valence-electron chi connectivity index (χ2n) is 2.66. The predicted octanol–water partition coefficient (Wildman–Crippen LogP) is 1.73. The van der Waals surface area contributed by atoms with E-state index in [0.29, 0.717) is 17.0 Å². The van der Waals surface area contributed by atoms with Crippen LogP contribution in [0.3, 0.4) is 0 Å². The maximum atomic E-state index is 10.6. The SMILES string of the molecule is O=Cc1cnnn1-c1ccc(Cl)cc1. The normalized spacial score (nSPS) is 10.1. The van der Waals surface area contributed by atoms with Crippen molar-refractivity contribution in [2.24, 2.45) is 0 Å². The quantitative estimate of drug-likeness (QED) is 0.705. The highest BCUT2D eigenvalue weighted by atomic mass is 35.5. The molecule has 1 aromatic heterocycles.